The van der Waals surface area contributed by atoms with Crippen LogP contribution in [0.15, 0.2) is 11.8 Å². The zero-order valence-electron chi connectivity index (χ0n) is 13.5. The zero-order chi connectivity index (χ0) is 15.9. The second-order valence-electron chi connectivity index (χ2n) is 7.49. The van der Waals surface area contributed by atoms with Crippen LogP contribution < -0.4 is 0 Å². The highest BCUT2D eigenvalue weighted by Crippen LogP contribution is 2.55. The number of aliphatic carboxylic acids is 1. The number of carboxylic acid groups (broad SMARTS) is 1. The number of allylic oxidation sites excluding steroid dienone is 1. The third kappa shape index (κ3) is 2.57. The Morgan fingerprint density at radius 3 is 2.24 bits per heavy atom. The number of hydrogen-bond acceptors (Lipinski definition) is 4. The third-order valence-electron chi connectivity index (χ3n) is 4.89. The summed E-state index contributed by atoms with van der Waals surface area (Å²) in [5.41, 5.74) is -2.90. The molecule has 21 heavy (non-hydrogen) atoms. The largest absolute Gasteiger partial charge is 0.513 e. The lowest BCUT2D eigenvalue weighted by Gasteiger charge is -2.54. The number of carbonyl (C=O) groups is 1. The molecule has 0 saturated carbocycles. The summed E-state index contributed by atoms with van der Waals surface area (Å²) >= 11 is 0. The molecule has 5 heteroatoms. The van der Waals surface area contributed by atoms with Crippen LogP contribution in [0.1, 0.15) is 53.4 Å². The Bertz CT molecular complexity index is 449. The van der Waals surface area contributed by atoms with Crippen molar-refractivity contribution in [3.63, 3.8) is 0 Å². The van der Waals surface area contributed by atoms with Crippen molar-refractivity contribution in [3.05, 3.63) is 11.8 Å². The number of rotatable bonds is 3. The van der Waals surface area contributed by atoms with Gasteiger partial charge in [-0.2, -0.15) is 5.06 Å². The average Bonchev–Trinajstić information content (AvgIpc) is 2.33. The molecule has 1 aliphatic carbocycles. The van der Waals surface area contributed by atoms with Crippen molar-refractivity contribution in [3.8, 4) is 0 Å². The van der Waals surface area contributed by atoms with Gasteiger partial charge in [0.05, 0.1) is 5.76 Å². The van der Waals surface area contributed by atoms with Crippen LogP contribution in [0.4, 0.5) is 0 Å². The van der Waals surface area contributed by atoms with E-state index in [4.69, 9.17) is 4.84 Å². The molecular weight excluding hydrogens is 270 g/mol. The van der Waals surface area contributed by atoms with Gasteiger partial charge in [0.2, 0.25) is 5.60 Å². The Morgan fingerprint density at radius 2 is 1.76 bits per heavy atom. The quantitative estimate of drug-likeness (QED) is 0.837. The second kappa shape index (κ2) is 5.29. The molecule has 0 bridgehead atoms. The SMILES string of the molecule is CC1(C)C=C(O)CC(C)(C)C1(ON1CCCCC1)C(=O)O. The molecule has 1 saturated heterocycles. The van der Waals surface area contributed by atoms with E-state index < -0.39 is 22.4 Å². The van der Waals surface area contributed by atoms with Crippen molar-refractivity contribution in [2.45, 2.75) is 59.0 Å². The predicted molar refractivity (Wildman–Crippen MR) is 79.8 cm³/mol. The van der Waals surface area contributed by atoms with Crippen molar-refractivity contribution >= 4 is 5.97 Å². The molecule has 1 atom stereocenters. The van der Waals surface area contributed by atoms with Gasteiger partial charge in [-0.05, 0) is 18.9 Å². The van der Waals surface area contributed by atoms with Gasteiger partial charge in [-0.25, -0.2) is 4.79 Å². The second-order valence-corrected chi connectivity index (χ2v) is 7.49. The van der Waals surface area contributed by atoms with Crippen LogP contribution in [-0.4, -0.2) is 39.9 Å². The summed E-state index contributed by atoms with van der Waals surface area (Å²) in [5.74, 6) is -0.726. The van der Waals surface area contributed by atoms with E-state index in [1.807, 2.05) is 27.7 Å². The van der Waals surface area contributed by atoms with E-state index in [1.165, 1.54) is 0 Å². The zero-order valence-corrected chi connectivity index (χ0v) is 13.5. The Hall–Kier alpha value is -1.07. The van der Waals surface area contributed by atoms with E-state index in [1.54, 1.807) is 11.1 Å². The molecule has 0 aromatic rings. The molecule has 2 rings (SSSR count). The van der Waals surface area contributed by atoms with Crippen LogP contribution >= 0.6 is 0 Å². The van der Waals surface area contributed by atoms with Crippen molar-refractivity contribution < 1.29 is 19.8 Å². The van der Waals surface area contributed by atoms with E-state index in [9.17, 15) is 15.0 Å². The van der Waals surface area contributed by atoms with Crippen molar-refractivity contribution in [1.82, 2.24) is 5.06 Å². The van der Waals surface area contributed by atoms with Crippen LogP contribution in [0.25, 0.3) is 0 Å². The Labute approximate surface area is 126 Å². The smallest absolute Gasteiger partial charge is 0.339 e. The summed E-state index contributed by atoms with van der Waals surface area (Å²) in [6, 6.07) is 0. The van der Waals surface area contributed by atoms with Gasteiger partial charge in [0, 0.05) is 30.3 Å². The molecule has 5 nitrogen and oxygen atoms in total. The van der Waals surface area contributed by atoms with Crippen LogP contribution in [-0.2, 0) is 9.63 Å². The van der Waals surface area contributed by atoms with Crippen molar-refractivity contribution in [2.75, 3.05) is 13.1 Å². The molecule has 0 aromatic carbocycles. The molecule has 0 radical (unpaired) electrons. The monoisotopic (exact) mass is 297 g/mol. The van der Waals surface area contributed by atoms with Gasteiger partial charge in [-0.1, -0.05) is 34.1 Å². The summed E-state index contributed by atoms with van der Waals surface area (Å²) < 4.78 is 0. The van der Waals surface area contributed by atoms with Crippen molar-refractivity contribution in [1.29, 1.82) is 0 Å². The van der Waals surface area contributed by atoms with Gasteiger partial charge < -0.3 is 10.2 Å². The fourth-order valence-corrected chi connectivity index (χ4v) is 4.01. The van der Waals surface area contributed by atoms with E-state index in [-0.39, 0.29) is 5.76 Å². The van der Waals surface area contributed by atoms with Gasteiger partial charge in [-0.15, -0.1) is 0 Å². The molecule has 1 aliphatic heterocycles. The first-order chi connectivity index (χ1) is 9.62. The van der Waals surface area contributed by atoms with Crippen LogP contribution in [0.3, 0.4) is 0 Å². The molecule has 120 valence electrons. The van der Waals surface area contributed by atoms with Crippen LogP contribution in [0.5, 0.6) is 0 Å². The van der Waals surface area contributed by atoms with Gasteiger partial charge in [-0.3, -0.25) is 4.84 Å². The minimum Gasteiger partial charge on any atom is -0.513 e. The van der Waals surface area contributed by atoms with E-state index >= 15 is 0 Å². The molecule has 0 spiro atoms. The summed E-state index contributed by atoms with van der Waals surface area (Å²) in [6.07, 6.45) is 5.15. The maximum Gasteiger partial charge on any atom is 0.339 e. The fourth-order valence-electron chi connectivity index (χ4n) is 4.01. The molecule has 1 unspecified atom stereocenters. The number of nitrogens with zero attached hydrogens (tertiary/aromatic N) is 1. The highest BCUT2D eigenvalue weighted by molar-refractivity contribution is 5.81. The summed E-state index contributed by atoms with van der Waals surface area (Å²) in [6.45, 7) is 8.88. The third-order valence-corrected chi connectivity index (χ3v) is 4.89. The number of hydroxylamine groups is 2. The highest BCUT2D eigenvalue weighted by Gasteiger charge is 2.65. The Kier molecular flexibility index (Phi) is 4.10. The molecular formula is C16H27NO4. The Balaban J connectivity index is 2.45. The fraction of sp³-hybridized carbons (Fsp3) is 0.812. The van der Waals surface area contributed by atoms with Crippen molar-refractivity contribution in [2.24, 2.45) is 10.8 Å². The van der Waals surface area contributed by atoms with E-state index in [2.05, 4.69) is 0 Å². The number of aliphatic hydroxyl groups excluding tert-OH is 1. The predicted octanol–water partition coefficient (Wildman–Crippen LogP) is 3.13. The van der Waals surface area contributed by atoms with Gasteiger partial charge in [0.15, 0.2) is 0 Å². The van der Waals surface area contributed by atoms with Crippen LogP contribution in [0.2, 0.25) is 0 Å². The lowest BCUT2D eigenvalue weighted by Crippen LogP contribution is -2.66. The van der Waals surface area contributed by atoms with Gasteiger partial charge in [0.1, 0.15) is 0 Å². The lowest BCUT2D eigenvalue weighted by molar-refractivity contribution is -0.311. The van der Waals surface area contributed by atoms with E-state index in [0.29, 0.717) is 6.42 Å². The first-order valence-corrected chi connectivity index (χ1v) is 7.70. The minimum absolute atomic E-state index is 0.240. The first kappa shape index (κ1) is 16.3. The number of aliphatic hydroxyl groups is 1. The average molecular weight is 297 g/mol. The molecule has 0 aromatic heterocycles. The summed E-state index contributed by atoms with van der Waals surface area (Å²) in [5, 5.41) is 21.8. The maximum atomic E-state index is 12.2. The molecule has 1 heterocycles. The normalized spacial score (nSPS) is 32.5. The topological polar surface area (TPSA) is 70.0 Å². The summed E-state index contributed by atoms with van der Waals surface area (Å²) in [4.78, 5) is 18.4. The standard InChI is InChI=1S/C16H27NO4/c1-14(2)10-12(18)11-15(3,4)16(14,13(19)20)21-17-8-6-5-7-9-17/h10,18H,5-9,11H2,1-4H3,(H,19,20). The van der Waals surface area contributed by atoms with Gasteiger partial charge in [0.25, 0.3) is 0 Å². The molecule has 2 aliphatic rings. The molecule has 0 amide bonds. The maximum absolute atomic E-state index is 12.2. The van der Waals surface area contributed by atoms with E-state index in [0.717, 1.165) is 32.4 Å². The number of piperidine rings is 1. The summed E-state index contributed by atoms with van der Waals surface area (Å²) in [7, 11) is 0. The number of carboxylic acids is 1. The lowest BCUT2D eigenvalue weighted by atomic mass is 9.56. The molecule has 1 fully saturated rings. The number of hydrogen-bond donors (Lipinski definition) is 2. The minimum atomic E-state index is -1.39. The first-order valence-electron chi connectivity index (χ1n) is 7.70. The highest BCUT2D eigenvalue weighted by atomic mass is 16.7. The van der Waals surface area contributed by atoms with Gasteiger partial charge >= 0.3 is 5.97 Å². The molecule has 2 N–H and O–H groups in total. The Morgan fingerprint density at radius 1 is 1.19 bits per heavy atom. The van der Waals surface area contributed by atoms with Crippen LogP contribution in [0, 0.1) is 10.8 Å².